The van der Waals surface area contributed by atoms with Crippen LogP contribution in [0.15, 0.2) is 60.9 Å². The molecule has 0 atom stereocenters. The highest BCUT2D eigenvalue weighted by Gasteiger charge is 2.12. The monoisotopic (exact) mass is 408 g/mol. The summed E-state index contributed by atoms with van der Waals surface area (Å²) >= 11 is 0. The van der Waals surface area contributed by atoms with Crippen LogP contribution >= 0.6 is 0 Å². The molecule has 2 heterocycles. The third-order valence-corrected chi connectivity index (χ3v) is 5.07. The van der Waals surface area contributed by atoms with Crippen LogP contribution in [0.1, 0.15) is 12.8 Å². The van der Waals surface area contributed by atoms with Crippen molar-refractivity contribution in [3.05, 3.63) is 72.6 Å². The second kappa shape index (κ2) is 8.36. The van der Waals surface area contributed by atoms with Crippen LogP contribution in [0.5, 0.6) is 0 Å². The van der Waals surface area contributed by atoms with E-state index in [1.54, 1.807) is 36.7 Å². The van der Waals surface area contributed by atoms with Gasteiger partial charge in [0.25, 0.3) is 0 Å². The third-order valence-electron chi connectivity index (χ3n) is 5.07. The van der Waals surface area contributed by atoms with Crippen LogP contribution in [0.25, 0.3) is 22.5 Å². The molecule has 0 aliphatic heterocycles. The third kappa shape index (κ3) is 4.03. The largest absolute Gasteiger partial charge is 0.369 e. The van der Waals surface area contributed by atoms with Gasteiger partial charge in [0.1, 0.15) is 11.6 Å². The molecular formula is C22H22F2N6. The van der Waals surface area contributed by atoms with Crippen molar-refractivity contribution in [1.29, 1.82) is 0 Å². The predicted octanol–water partition coefficient (Wildman–Crippen LogP) is 4.34. The van der Waals surface area contributed by atoms with Gasteiger partial charge in [-0.1, -0.05) is 0 Å². The van der Waals surface area contributed by atoms with Crippen LogP contribution in [0.2, 0.25) is 0 Å². The first kappa shape index (κ1) is 19.6. The Bertz CT molecular complexity index is 1040. The number of nitrogens with zero attached hydrogens (tertiary/aromatic N) is 4. The molecule has 0 unspecified atom stereocenters. The van der Waals surface area contributed by atoms with E-state index in [-0.39, 0.29) is 11.6 Å². The zero-order valence-electron chi connectivity index (χ0n) is 16.3. The summed E-state index contributed by atoms with van der Waals surface area (Å²) in [6, 6.07) is 12.5. The number of unbranched alkanes of at least 4 members (excludes halogenated alkanes) is 1. The van der Waals surface area contributed by atoms with Crippen LogP contribution < -0.4 is 11.5 Å². The smallest absolute Gasteiger partial charge is 0.200 e. The van der Waals surface area contributed by atoms with Crippen molar-refractivity contribution in [2.75, 3.05) is 11.5 Å². The number of nitrogens with two attached hydrogens (primary N) is 2. The van der Waals surface area contributed by atoms with Gasteiger partial charge in [-0.25, -0.2) is 18.7 Å². The lowest BCUT2D eigenvalue weighted by Gasteiger charge is -2.12. The first-order valence-corrected chi connectivity index (χ1v) is 9.67. The zero-order valence-corrected chi connectivity index (χ0v) is 16.3. The van der Waals surface area contributed by atoms with Gasteiger partial charge >= 0.3 is 0 Å². The van der Waals surface area contributed by atoms with E-state index in [9.17, 15) is 8.78 Å². The maximum Gasteiger partial charge on any atom is 0.200 e. The SMILES string of the molecule is Nc1ncc(-c2ccc(F)cc2)n1CCCCn1c(-c2ccc(F)cc2)cnc1N. The van der Waals surface area contributed by atoms with Gasteiger partial charge < -0.3 is 20.6 Å². The average molecular weight is 408 g/mol. The Morgan fingerprint density at radius 2 is 1.00 bits per heavy atom. The summed E-state index contributed by atoms with van der Waals surface area (Å²) in [6.45, 7) is 1.33. The van der Waals surface area contributed by atoms with Gasteiger partial charge in [0.15, 0.2) is 0 Å². The minimum Gasteiger partial charge on any atom is -0.369 e. The van der Waals surface area contributed by atoms with Crippen LogP contribution in [0, 0.1) is 11.6 Å². The maximum absolute atomic E-state index is 13.2. The molecule has 0 amide bonds. The van der Waals surface area contributed by atoms with Gasteiger partial charge in [-0.2, -0.15) is 0 Å². The Labute approximate surface area is 172 Å². The molecule has 4 rings (SSSR count). The van der Waals surface area contributed by atoms with Crippen LogP contribution in [0.3, 0.4) is 0 Å². The van der Waals surface area contributed by atoms with Crippen molar-refractivity contribution < 1.29 is 8.78 Å². The van der Waals surface area contributed by atoms with E-state index in [0.717, 1.165) is 35.4 Å². The Kier molecular flexibility index (Phi) is 5.47. The second-order valence-corrected chi connectivity index (χ2v) is 7.03. The van der Waals surface area contributed by atoms with E-state index in [0.29, 0.717) is 25.0 Å². The molecular weight excluding hydrogens is 386 g/mol. The molecule has 0 aliphatic carbocycles. The molecule has 8 heteroatoms. The number of hydrogen-bond donors (Lipinski definition) is 2. The zero-order chi connectivity index (χ0) is 21.1. The average Bonchev–Trinajstić information content (AvgIpc) is 3.29. The summed E-state index contributed by atoms with van der Waals surface area (Å²) in [5.41, 5.74) is 15.5. The number of benzene rings is 2. The van der Waals surface area contributed by atoms with Crippen molar-refractivity contribution >= 4 is 11.9 Å². The number of imidazole rings is 2. The molecule has 0 spiro atoms. The van der Waals surface area contributed by atoms with Crippen molar-refractivity contribution in [3.8, 4) is 22.5 Å². The highest BCUT2D eigenvalue weighted by atomic mass is 19.1. The van der Waals surface area contributed by atoms with Crippen molar-refractivity contribution in [2.45, 2.75) is 25.9 Å². The highest BCUT2D eigenvalue weighted by molar-refractivity contribution is 5.62. The first-order chi connectivity index (χ1) is 14.5. The number of nitrogen functional groups attached to an aromatic ring is 2. The summed E-state index contributed by atoms with van der Waals surface area (Å²) in [4.78, 5) is 8.40. The molecule has 6 nitrogen and oxygen atoms in total. The van der Waals surface area contributed by atoms with Gasteiger partial charge in [-0.15, -0.1) is 0 Å². The van der Waals surface area contributed by atoms with E-state index < -0.39 is 0 Å². The fraction of sp³-hybridized carbons (Fsp3) is 0.182. The van der Waals surface area contributed by atoms with Crippen molar-refractivity contribution in [1.82, 2.24) is 19.1 Å². The van der Waals surface area contributed by atoms with Gasteiger partial charge in [-0.3, -0.25) is 0 Å². The second-order valence-electron chi connectivity index (χ2n) is 7.03. The Morgan fingerprint density at radius 1 is 0.633 bits per heavy atom. The molecule has 0 saturated heterocycles. The summed E-state index contributed by atoms with van der Waals surface area (Å²) in [7, 11) is 0. The van der Waals surface area contributed by atoms with Crippen LogP contribution in [-0.4, -0.2) is 19.1 Å². The minimum atomic E-state index is -0.285. The number of halogens is 2. The minimum absolute atomic E-state index is 0.285. The molecule has 0 fully saturated rings. The fourth-order valence-electron chi connectivity index (χ4n) is 3.49. The van der Waals surface area contributed by atoms with Crippen molar-refractivity contribution in [3.63, 3.8) is 0 Å². The van der Waals surface area contributed by atoms with Gasteiger partial charge in [0.05, 0.1) is 23.8 Å². The lowest BCUT2D eigenvalue weighted by atomic mass is 10.1. The predicted molar refractivity (Wildman–Crippen MR) is 113 cm³/mol. The van der Waals surface area contributed by atoms with Gasteiger partial charge in [0.2, 0.25) is 11.9 Å². The topological polar surface area (TPSA) is 87.7 Å². The number of anilines is 2. The lowest BCUT2D eigenvalue weighted by molar-refractivity contribution is 0.564. The number of hydrogen-bond acceptors (Lipinski definition) is 4. The standard InChI is InChI=1S/C22H22F2N6/c23-17-7-3-15(4-8-17)19-13-27-21(25)29(19)11-1-2-12-30-20(14-28-22(30)26)16-5-9-18(24)10-6-16/h3-10,13-14H,1-2,11-12H2,(H2,25,27)(H2,26,28). The molecule has 0 bridgehead atoms. The normalized spacial score (nSPS) is 11.1. The van der Waals surface area contributed by atoms with E-state index in [4.69, 9.17) is 11.5 Å². The fourth-order valence-corrected chi connectivity index (χ4v) is 3.49. The molecule has 0 saturated carbocycles. The molecule has 0 radical (unpaired) electrons. The molecule has 2 aromatic heterocycles. The van der Waals surface area contributed by atoms with E-state index >= 15 is 0 Å². The quantitative estimate of drug-likeness (QED) is 0.446. The Balaban J connectivity index is 1.43. The summed E-state index contributed by atoms with van der Waals surface area (Å²) in [5.74, 6) is 0.271. The molecule has 154 valence electrons. The van der Waals surface area contributed by atoms with Gasteiger partial charge in [0, 0.05) is 24.2 Å². The van der Waals surface area contributed by atoms with Crippen molar-refractivity contribution in [2.24, 2.45) is 0 Å². The Morgan fingerprint density at radius 3 is 1.37 bits per heavy atom. The molecule has 2 aromatic carbocycles. The summed E-state index contributed by atoms with van der Waals surface area (Å²) in [5, 5.41) is 0. The molecule has 30 heavy (non-hydrogen) atoms. The first-order valence-electron chi connectivity index (χ1n) is 9.67. The molecule has 4 N–H and O–H groups in total. The Hall–Kier alpha value is -3.68. The van der Waals surface area contributed by atoms with Crippen LogP contribution in [-0.2, 0) is 13.1 Å². The van der Waals surface area contributed by atoms with E-state index in [2.05, 4.69) is 9.97 Å². The summed E-state index contributed by atoms with van der Waals surface area (Å²) in [6.07, 6.45) is 5.05. The number of aromatic nitrogens is 4. The number of rotatable bonds is 7. The highest BCUT2D eigenvalue weighted by Crippen LogP contribution is 2.25. The molecule has 0 aliphatic rings. The van der Waals surface area contributed by atoms with E-state index in [1.807, 2.05) is 9.13 Å². The van der Waals surface area contributed by atoms with Crippen LogP contribution in [0.4, 0.5) is 20.7 Å². The lowest BCUT2D eigenvalue weighted by Crippen LogP contribution is -2.08. The van der Waals surface area contributed by atoms with E-state index in [1.165, 1.54) is 24.3 Å². The molecule has 4 aromatic rings. The van der Waals surface area contributed by atoms with Gasteiger partial charge in [-0.05, 0) is 61.4 Å². The summed E-state index contributed by atoms with van der Waals surface area (Å²) < 4.78 is 30.3. The maximum atomic E-state index is 13.2.